The number of hydrogen-bond acceptors (Lipinski definition) is 4. The van der Waals surface area contributed by atoms with Crippen LogP contribution < -0.4 is 9.47 Å². The second-order valence-corrected chi connectivity index (χ2v) is 5.88. The highest BCUT2D eigenvalue weighted by molar-refractivity contribution is 7.99. The van der Waals surface area contributed by atoms with Gasteiger partial charge >= 0.3 is 0 Å². The molecule has 4 heteroatoms. The van der Waals surface area contributed by atoms with Crippen LogP contribution in [0.3, 0.4) is 0 Å². The Morgan fingerprint density at radius 3 is 2.64 bits per heavy atom. The van der Waals surface area contributed by atoms with Gasteiger partial charge in [0.2, 0.25) is 0 Å². The van der Waals surface area contributed by atoms with Crippen LogP contribution in [-0.4, -0.2) is 25.8 Å². The van der Waals surface area contributed by atoms with E-state index in [1.165, 1.54) is 0 Å². The zero-order valence-corrected chi connectivity index (χ0v) is 13.3. The van der Waals surface area contributed by atoms with Gasteiger partial charge in [-0.05, 0) is 24.3 Å². The van der Waals surface area contributed by atoms with Crippen molar-refractivity contribution < 1.29 is 14.3 Å². The van der Waals surface area contributed by atoms with Crippen molar-refractivity contribution in [3.63, 3.8) is 0 Å². The number of ketones is 1. The Morgan fingerprint density at radius 2 is 1.86 bits per heavy atom. The number of carbonyl (C=O) groups is 1. The van der Waals surface area contributed by atoms with Crippen LogP contribution in [-0.2, 0) is 0 Å². The molecule has 0 amide bonds. The smallest absolute Gasteiger partial charge is 0.191 e. The number of methoxy groups -OCH3 is 2. The average molecular weight is 312 g/mol. The van der Waals surface area contributed by atoms with Gasteiger partial charge in [-0.3, -0.25) is 4.79 Å². The minimum Gasteiger partial charge on any atom is -0.493 e. The molecular formula is C18H16O3S. The van der Waals surface area contributed by atoms with Crippen molar-refractivity contribution in [3.05, 3.63) is 59.2 Å². The van der Waals surface area contributed by atoms with Crippen molar-refractivity contribution in [3.8, 4) is 11.5 Å². The zero-order chi connectivity index (χ0) is 15.5. The molecule has 3 rings (SSSR count). The van der Waals surface area contributed by atoms with Crippen LogP contribution in [0, 0.1) is 0 Å². The summed E-state index contributed by atoms with van der Waals surface area (Å²) in [7, 11) is 3.21. The standard InChI is InChI=1S/C18H16O3S/c1-20-15-8-5-6-12(18(15)21-2)10-13-11-22-16-9-4-3-7-14(16)17(13)19/h3-10H,11H2,1-2H3. The Bertz CT molecular complexity index is 750. The molecule has 22 heavy (non-hydrogen) atoms. The molecule has 0 N–H and O–H groups in total. The van der Waals surface area contributed by atoms with Gasteiger partial charge in [0.05, 0.1) is 14.2 Å². The monoisotopic (exact) mass is 312 g/mol. The fourth-order valence-electron chi connectivity index (χ4n) is 2.49. The SMILES string of the molecule is COc1cccc(C=C2CSc3ccccc3C2=O)c1OC. The normalized spacial score (nSPS) is 15.5. The fourth-order valence-corrected chi connectivity index (χ4v) is 3.51. The van der Waals surface area contributed by atoms with Crippen LogP contribution in [0.5, 0.6) is 11.5 Å². The second kappa shape index (κ2) is 6.28. The summed E-state index contributed by atoms with van der Waals surface area (Å²) in [5.41, 5.74) is 2.40. The van der Waals surface area contributed by atoms with Crippen LogP contribution in [0.1, 0.15) is 15.9 Å². The summed E-state index contributed by atoms with van der Waals surface area (Å²) in [6.07, 6.45) is 1.90. The van der Waals surface area contributed by atoms with Crippen molar-refractivity contribution in [1.29, 1.82) is 0 Å². The lowest BCUT2D eigenvalue weighted by atomic mass is 10.0. The first kappa shape index (κ1) is 14.7. The second-order valence-electron chi connectivity index (χ2n) is 4.87. The molecule has 2 aromatic rings. The molecule has 0 atom stereocenters. The molecule has 1 heterocycles. The van der Waals surface area contributed by atoms with Crippen LogP contribution in [0.25, 0.3) is 6.08 Å². The van der Waals surface area contributed by atoms with E-state index in [4.69, 9.17) is 9.47 Å². The van der Waals surface area contributed by atoms with E-state index >= 15 is 0 Å². The van der Waals surface area contributed by atoms with E-state index in [1.807, 2.05) is 48.5 Å². The zero-order valence-electron chi connectivity index (χ0n) is 12.5. The minimum atomic E-state index is 0.0826. The summed E-state index contributed by atoms with van der Waals surface area (Å²) in [5.74, 6) is 2.05. The molecule has 1 aliphatic rings. The first-order valence-electron chi connectivity index (χ1n) is 6.92. The van der Waals surface area contributed by atoms with Gasteiger partial charge in [0.25, 0.3) is 0 Å². The van der Waals surface area contributed by atoms with Crippen molar-refractivity contribution in [2.24, 2.45) is 0 Å². The van der Waals surface area contributed by atoms with Crippen molar-refractivity contribution in [2.75, 3.05) is 20.0 Å². The lowest BCUT2D eigenvalue weighted by Gasteiger charge is -2.17. The summed E-state index contributed by atoms with van der Waals surface area (Å²) in [4.78, 5) is 13.7. The Morgan fingerprint density at radius 1 is 1.05 bits per heavy atom. The van der Waals surface area contributed by atoms with E-state index in [-0.39, 0.29) is 5.78 Å². The Hall–Kier alpha value is -2.20. The van der Waals surface area contributed by atoms with E-state index < -0.39 is 0 Å². The Kier molecular flexibility index (Phi) is 4.20. The van der Waals surface area contributed by atoms with Gasteiger partial charge < -0.3 is 9.47 Å². The number of fused-ring (bicyclic) bond motifs is 1. The van der Waals surface area contributed by atoms with Gasteiger partial charge in [-0.2, -0.15) is 0 Å². The molecule has 0 saturated heterocycles. The number of Topliss-reactive ketones (excluding diaryl/α,β-unsaturated/α-hetero) is 1. The minimum absolute atomic E-state index is 0.0826. The number of para-hydroxylation sites is 1. The topological polar surface area (TPSA) is 35.5 Å². The molecule has 1 aliphatic heterocycles. The molecule has 0 radical (unpaired) electrons. The van der Waals surface area contributed by atoms with Gasteiger partial charge in [0.1, 0.15) is 0 Å². The number of rotatable bonds is 3. The van der Waals surface area contributed by atoms with E-state index in [0.29, 0.717) is 17.3 Å². The highest BCUT2D eigenvalue weighted by Crippen LogP contribution is 2.36. The number of thioether (sulfide) groups is 1. The van der Waals surface area contributed by atoms with Gasteiger partial charge in [0, 0.05) is 27.3 Å². The summed E-state index contributed by atoms with van der Waals surface area (Å²) >= 11 is 1.68. The van der Waals surface area contributed by atoms with E-state index in [0.717, 1.165) is 21.6 Å². The third kappa shape index (κ3) is 2.62. The quantitative estimate of drug-likeness (QED) is 0.800. The third-order valence-electron chi connectivity index (χ3n) is 3.57. The maximum atomic E-state index is 12.6. The molecule has 3 nitrogen and oxygen atoms in total. The third-order valence-corrected chi connectivity index (χ3v) is 4.69. The van der Waals surface area contributed by atoms with Crippen molar-refractivity contribution in [2.45, 2.75) is 4.90 Å². The van der Waals surface area contributed by atoms with Crippen molar-refractivity contribution in [1.82, 2.24) is 0 Å². The lowest BCUT2D eigenvalue weighted by Crippen LogP contribution is -2.12. The molecule has 2 aromatic carbocycles. The van der Waals surface area contributed by atoms with Gasteiger partial charge in [0.15, 0.2) is 17.3 Å². The van der Waals surface area contributed by atoms with E-state index in [2.05, 4.69) is 0 Å². The predicted molar refractivity (Wildman–Crippen MR) is 89.0 cm³/mol. The molecule has 0 fully saturated rings. The molecule has 0 aromatic heterocycles. The summed E-state index contributed by atoms with van der Waals surface area (Å²) < 4.78 is 10.7. The number of hydrogen-bond donors (Lipinski definition) is 0. The number of ether oxygens (including phenoxy) is 2. The van der Waals surface area contributed by atoms with Crippen LogP contribution in [0.15, 0.2) is 52.9 Å². The van der Waals surface area contributed by atoms with Gasteiger partial charge in [-0.1, -0.05) is 24.3 Å². The van der Waals surface area contributed by atoms with Crippen LogP contribution in [0.4, 0.5) is 0 Å². The highest BCUT2D eigenvalue weighted by Gasteiger charge is 2.22. The van der Waals surface area contributed by atoms with Gasteiger partial charge in [-0.25, -0.2) is 0 Å². The maximum absolute atomic E-state index is 12.6. The Balaban J connectivity index is 2.02. The molecular weight excluding hydrogens is 296 g/mol. The molecule has 0 spiro atoms. The molecule has 0 aliphatic carbocycles. The van der Waals surface area contributed by atoms with Gasteiger partial charge in [-0.15, -0.1) is 11.8 Å². The summed E-state index contributed by atoms with van der Waals surface area (Å²) in [5, 5.41) is 0. The first-order chi connectivity index (χ1) is 10.7. The first-order valence-corrected chi connectivity index (χ1v) is 7.91. The lowest BCUT2D eigenvalue weighted by molar-refractivity contribution is 0.103. The molecule has 0 saturated carbocycles. The summed E-state index contributed by atoms with van der Waals surface area (Å²) in [6, 6.07) is 13.4. The molecule has 0 bridgehead atoms. The average Bonchev–Trinajstić information content (AvgIpc) is 2.57. The van der Waals surface area contributed by atoms with E-state index in [9.17, 15) is 4.79 Å². The van der Waals surface area contributed by atoms with Crippen LogP contribution in [0.2, 0.25) is 0 Å². The molecule has 112 valence electrons. The number of benzene rings is 2. The largest absolute Gasteiger partial charge is 0.493 e. The fraction of sp³-hybridized carbons (Fsp3) is 0.167. The summed E-state index contributed by atoms with van der Waals surface area (Å²) in [6.45, 7) is 0. The van der Waals surface area contributed by atoms with Crippen molar-refractivity contribution >= 4 is 23.6 Å². The predicted octanol–water partition coefficient (Wildman–Crippen LogP) is 4.08. The molecule has 0 unspecified atom stereocenters. The maximum Gasteiger partial charge on any atom is 0.191 e. The van der Waals surface area contributed by atoms with E-state index in [1.54, 1.807) is 26.0 Å². The highest BCUT2D eigenvalue weighted by atomic mass is 32.2. The van der Waals surface area contributed by atoms with Crippen LogP contribution >= 0.6 is 11.8 Å². The Labute approximate surface area is 133 Å². The number of carbonyl (C=O) groups excluding carboxylic acids is 1.